The number of furan rings is 1. The number of nitrogens with zero attached hydrogens (tertiary/aromatic N) is 1. The third-order valence-corrected chi connectivity index (χ3v) is 4.90. The van der Waals surface area contributed by atoms with Crippen molar-refractivity contribution in [3.8, 4) is 0 Å². The standard InChI is InChI=1S/C17H15BrN2O3/c1-9-12-8-11(19-16(21)13-4-5-14(18)23-13)7-10-3-2-6-20(15(10)12)17(9)22/h4-5,7-9H,2-3,6H2,1H3,(H,19,21)/t9-/m0/s1. The van der Waals surface area contributed by atoms with Crippen molar-refractivity contribution in [3.63, 3.8) is 0 Å². The van der Waals surface area contributed by atoms with Gasteiger partial charge in [-0.3, -0.25) is 9.59 Å². The van der Waals surface area contributed by atoms with Crippen LogP contribution in [-0.2, 0) is 11.2 Å². The second kappa shape index (κ2) is 5.23. The molecule has 5 nitrogen and oxygen atoms in total. The van der Waals surface area contributed by atoms with Crippen molar-refractivity contribution in [2.24, 2.45) is 0 Å². The number of aryl methyl sites for hydroxylation is 1. The summed E-state index contributed by atoms with van der Waals surface area (Å²) in [5.41, 5.74) is 3.89. The second-order valence-electron chi connectivity index (χ2n) is 5.95. The summed E-state index contributed by atoms with van der Waals surface area (Å²) in [5.74, 6) is -0.0555. The number of carbonyl (C=O) groups is 2. The van der Waals surface area contributed by atoms with E-state index in [2.05, 4.69) is 21.2 Å². The van der Waals surface area contributed by atoms with Crippen LogP contribution < -0.4 is 10.2 Å². The summed E-state index contributed by atoms with van der Waals surface area (Å²) < 4.78 is 5.79. The van der Waals surface area contributed by atoms with Gasteiger partial charge in [0, 0.05) is 12.2 Å². The molecule has 0 radical (unpaired) electrons. The molecule has 118 valence electrons. The second-order valence-corrected chi connectivity index (χ2v) is 6.73. The Bertz CT molecular complexity index is 827. The lowest BCUT2D eigenvalue weighted by atomic mass is 9.96. The highest BCUT2D eigenvalue weighted by molar-refractivity contribution is 9.10. The first-order valence-electron chi connectivity index (χ1n) is 7.59. The van der Waals surface area contributed by atoms with E-state index in [0.29, 0.717) is 10.4 Å². The molecule has 2 aromatic rings. The Morgan fingerprint density at radius 2 is 2.22 bits per heavy atom. The van der Waals surface area contributed by atoms with Crippen molar-refractivity contribution in [3.05, 3.63) is 45.8 Å². The van der Waals surface area contributed by atoms with Gasteiger partial charge in [-0.15, -0.1) is 0 Å². The van der Waals surface area contributed by atoms with Crippen molar-refractivity contribution in [2.75, 3.05) is 16.8 Å². The minimum Gasteiger partial charge on any atom is -0.444 e. The molecule has 0 bridgehead atoms. The van der Waals surface area contributed by atoms with Gasteiger partial charge in [-0.1, -0.05) is 0 Å². The lowest BCUT2D eigenvalue weighted by Crippen LogP contribution is -2.32. The maximum atomic E-state index is 12.4. The van der Waals surface area contributed by atoms with E-state index in [9.17, 15) is 9.59 Å². The molecule has 1 aromatic carbocycles. The lowest BCUT2D eigenvalue weighted by molar-refractivity contribution is -0.119. The molecular weight excluding hydrogens is 360 g/mol. The van der Waals surface area contributed by atoms with Crippen LogP contribution in [0.15, 0.2) is 33.4 Å². The van der Waals surface area contributed by atoms with Crippen LogP contribution >= 0.6 is 15.9 Å². The number of benzene rings is 1. The summed E-state index contributed by atoms with van der Waals surface area (Å²) in [4.78, 5) is 26.5. The number of halogens is 1. The van der Waals surface area contributed by atoms with E-state index in [1.165, 1.54) is 0 Å². The fourth-order valence-corrected chi connectivity index (χ4v) is 3.70. The largest absolute Gasteiger partial charge is 0.444 e. The minimum atomic E-state index is -0.299. The van der Waals surface area contributed by atoms with E-state index in [1.54, 1.807) is 12.1 Å². The Balaban J connectivity index is 1.69. The normalized spacial score (nSPS) is 19.0. The van der Waals surface area contributed by atoms with Crippen LogP contribution in [0, 0.1) is 0 Å². The Morgan fingerprint density at radius 3 is 2.96 bits per heavy atom. The molecule has 4 rings (SSSR count). The molecule has 1 atom stereocenters. The van der Waals surface area contributed by atoms with Crippen LogP contribution in [0.25, 0.3) is 0 Å². The molecule has 2 amide bonds. The van der Waals surface area contributed by atoms with Gasteiger partial charge >= 0.3 is 0 Å². The molecule has 0 aliphatic carbocycles. The average Bonchev–Trinajstić information content (AvgIpc) is 3.07. The van der Waals surface area contributed by atoms with Crippen LogP contribution in [0.5, 0.6) is 0 Å². The number of nitrogens with one attached hydrogen (secondary N) is 1. The fourth-order valence-electron chi connectivity index (χ4n) is 3.40. The van der Waals surface area contributed by atoms with Crippen LogP contribution in [0.1, 0.15) is 40.9 Å². The molecule has 2 aliphatic rings. The highest BCUT2D eigenvalue weighted by atomic mass is 79.9. The summed E-state index contributed by atoms with van der Waals surface area (Å²) in [6, 6.07) is 7.17. The van der Waals surface area contributed by atoms with E-state index in [0.717, 1.165) is 36.2 Å². The summed E-state index contributed by atoms with van der Waals surface area (Å²) in [6.45, 7) is 2.71. The molecule has 3 heterocycles. The summed E-state index contributed by atoms with van der Waals surface area (Å²) >= 11 is 3.19. The quantitative estimate of drug-likeness (QED) is 0.871. The molecule has 6 heteroatoms. The van der Waals surface area contributed by atoms with Crippen molar-refractivity contribution in [1.29, 1.82) is 0 Å². The molecule has 0 unspecified atom stereocenters. The van der Waals surface area contributed by atoms with Crippen LogP contribution in [0.4, 0.5) is 11.4 Å². The summed E-state index contributed by atoms with van der Waals surface area (Å²) in [7, 11) is 0. The van der Waals surface area contributed by atoms with Crippen molar-refractivity contribution < 1.29 is 14.0 Å². The number of hydrogen-bond donors (Lipinski definition) is 1. The molecule has 0 saturated carbocycles. The summed E-state index contributed by atoms with van der Waals surface area (Å²) in [6.07, 6.45) is 1.88. The lowest BCUT2D eigenvalue weighted by Gasteiger charge is -2.26. The minimum absolute atomic E-state index is 0.152. The van der Waals surface area contributed by atoms with Gasteiger partial charge < -0.3 is 14.6 Å². The molecular formula is C17H15BrN2O3. The number of rotatable bonds is 2. The monoisotopic (exact) mass is 374 g/mol. The molecule has 0 fully saturated rings. The molecule has 0 spiro atoms. The zero-order chi connectivity index (χ0) is 16.1. The van der Waals surface area contributed by atoms with E-state index in [1.807, 2.05) is 24.0 Å². The number of amides is 2. The zero-order valence-corrected chi connectivity index (χ0v) is 14.1. The van der Waals surface area contributed by atoms with Crippen molar-refractivity contribution in [2.45, 2.75) is 25.7 Å². The van der Waals surface area contributed by atoms with Gasteiger partial charge in [0.25, 0.3) is 5.91 Å². The highest BCUT2D eigenvalue weighted by Crippen LogP contribution is 2.44. The topological polar surface area (TPSA) is 62.6 Å². The van der Waals surface area contributed by atoms with E-state index < -0.39 is 0 Å². The van der Waals surface area contributed by atoms with E-state index in [-0.39, 0.29) is 23.5 Å². The highest BCUT2D eigenvalue weighted by Gasteiger charge is 2.37. The number of carbonyl (C=O) groups excluding carboxylic acids is 2. The Morgan fingerprint density at radius 1 is 1.39 bits per heavy atom. The zero-order valence-electron chi connectivity index (χ0n) is 12.6. The molecule has 23 heavy (non-hydrogen) atoms. The van der Waals surface area contributed by atoms with E-state index >= 15 is 0 Å². The van der Waals surface area contributed by atoms with Crippen LogP contribution in [0.3, 0.4) is 0 Å². The number of hydrogen-bond acceptors (Lipinski definition) is 3. The van der Waals surface area contributed by atoms with Gasteiger partial charge in [0.15, 0.2) is 10.4 Å². The fraction of sp³-hybridized carbons (Fsp3) is 0.294. The van der Waals surface area contributed by atoms with Gasteiger partial charge in [-0.25, -0.2) is 0 Å². The molecule has 1 aromatic heterocycles. The predicted octanol–water partition coefficient (Wildman–Crippen LogP) is 3.69. The van der Waals surface area contributed by atoms with Crippen molar-refractivity contribution in [1.82, 2.24) is 0 Å². The maximum absolute atomic E-state index is 12.4. The van der Waals surface area contributed by atoms with Gasteiger partial charge in [-0.2, -0.15) is 0 Å². The first-order chi connectivity index (χ1) is 11.0. The van der Waals surface area contributed by atoms with Gasteiger partial charge in [0.05, 0.1) is 11.6 Å². The molecule has 1 N–H and O–H groups in total. The predicted molar refractivity (Wildman–Crippen MR) is 89.9 cm³/mol. The third kappa shape index (κ3) is 2.28. The smallest absolute Gasteiger partial charge is 0.291 e. The molecule has 2 aliphatic heterocycles. The SMILES string of the molecule is C[C@@H]1C(=O)N2CCCc3cc(NC(=O)c4ccc(Br)o4)cc1c32. The Kier molecular flexibility index (Phi) is 3.30. The first-order valence-corrected chi connectivity index (χ1v) is 8.39. The first kappa shape index (κ1) is 14.5. The summed E-state index contributed by atoms with van der Waals surface area (Å²) in [5, 5.41) is 2.87. The van der Waals surface area contributed by atoms with Gasteiger partial charge in [0.2, 0.25) is 5.91 Å². The average molecular weight is 375 g/mol. The van der Waals surface area contributed by atoms with Gasteiger partial charge in [-0.05, 0) is 71.1 Å². The van der Waals surface area contributed by atoms with Crippen LogP contribution in [0.2, 0.25) is 0 Å². The van der Waals surface area contributed by atoms with Crippen molar-refractivity contribution >= 4 is 39.1 Å². The van der Waals surface area contributed by atoms with E-state index in [4.69, 9.17) is 4.42 Å². The molecule has 0 saturated heterocycles. The number of anilines is 2. The van der Waals surface area contributed by atoms with Gasteiger partial charge in [0.1, 0.15) is 0 Å². The third-order valence-electron chi connectivity index (χ3n) is 4.47. The maximum Gasteiger partial charge on any atom is 0.291 e. The van der Waals surface area contributed by atoms with Crippen LogP contribution in [-0.4, -0.2) is 18.4 Å². The Labute approximate surface area is 141 Å². The Hall–Kier alpha value is -2.08.